The largest absolute Gasteiger partial charge is 0.480 e. The van der Waals surface area contributed by atoms with Gasteiger partial charge in [-0.25, -0.2) is 0 Å². The van der Waals surface area contributed by atoms with Gasteiger partial charge in [0.2, 0.25) is 0 Å². The third kappa shape index (κ3) is 4.19. The van der Waals surface area contributed by atoms with Crippen molar-refractivity contribution in [1.29, 1.82) is 0 Å². The molecule has 0 spiro atoms. The third-order valence-electron chi connectivity index (χ3n) is 2.59. The van der Waals surface area contributed by atoms with E-state index in [4.69, 9.17) is 16.7 Å². The zero-order valence-electron chi connectivity index (χ0n) is 9.61. The number of benzene rings is 1. The van der Waals surface area contributed by atoms with Crippen molar-refractivity contribution in [2.24, 2.45) is 0 Å². The number of thioether (sulfide) groups is 1. The van der Waals surface area contributed by atoms with Gasteiger partial charge in [0.05, 0.1) is 0 Å². The normalized spacial score (nSPS) is 16.2. The van der Waals surface area contributed by atoms with E-state index in [0.29, 0.717) is 5.02 Å². The van der Waals surface area contributed by atoms with Crippen LogP contribution >= 0.6 is 39.3 Å². The molecule has 1 rings (SSSR count). The first-order valence-electron chi connectivity index (χ1n) is 5.12. The fourth-order valence-corrected chi connectivity index (χ4v) is 2.70. The number of hydrogen-bond donors (Lipinski definition) is 1. The van der Waals surface area contributed by atoms with Gasteiger partial charge in [-0.2, -0.15) is 11.8 Å². The number of alkyl halides is 1. The summed E-state index contributed by atoms with van der Waals surface area (Å²) >= 11 is 10.7. The molecule has 0 heterocycles. The van der Waals surface area contributed by atoms with E-state index in [-0.39, 0.29) is 5.25 Å². The van der Waals surface area contributed by atoms with E-state index >= 15 is 0 Å². The first kappa shape index (κ1) is 14.9. The molecule has 5 heteroatoms. The minimum absolute atomic E-state index is 0.0318. The number of halogens is 2. The van der Waals surface area contributed by atoms with Gasteiger partial charge in [-0.1, -0.05) is 46.6 Å². The second-order valence-corrected chi connectivity index (χ2v) is 7.37. The molecular weight excluding hydrogens is 324 g/mol. The van der Waals surface area contributed by atoms with Crippen LogP contribution in [0.15, 0.2) is 24.3 Å². The Morgan fingerprint density at radius 3 is 2.53 bits per heavy atom. The maximum Gasteiger partial charge on any atom is 0.321 e. The fourth-order valence-electron chi connectivity index (χ4n) is 1.13. The molecule has 1 aromatic rings. The smallest absolute Gasteiger partial charge is 0.321 e. The highest BCUT2D eigenvalue weighted by Crippen LogP contribution is 2.33. The lowest BCUT2D eigenvalue weighted by Gasteiger charge is -2.24. The highest BCUT2D eigenvalue weighted by molar-refractivity contribution is 9.10. The second kappa shape index (κ2) is 6.12. The summed E-state index contributed by atoms with van der Waals surface area (Å²) in [6.45, 7) is 3.58. The molecule has 2 nitrogen and oxygen atoms in total. The minimum atomic E-state index is -0.899. The van der Waals surface area contributed by atoms with E-state index < -0.39 is 10.3 Å². The average molecular weight is 338 g/mol. The lowest BCUT2D eigenvalue weighted by molar-refractivity contribution is -0.139. The van der Waals surface area contributed by atoms with Crippen LogP contribution in [0.25, 0.3) is 0 Å². The van der Waals surface area contributed by atoms with E-state index in [2.05, 4.69) is 15.9 Å². The van der Waals surface area contributed by atoms with E-state index in [0.717, 1.165) is 11.3 Å². The predicted octanol–water partition coefficient (Wildman–Crippen LogP) is 4.20. The molecule has 1 aromatic carbocycles. The Kier molecular flexibility index (Phi) is 5.35. The molecule has 0 bridgehead atoms. The number of carboxylic acid groups (broad SMARTS) is 1. The molecule has 1 N–H and O–H groups in total. The lowest BCUT2D eigenvalue weighted by atomic mass is 10.1. The van der Waals surface area contributed by atoms with Gasteiger partial charge >= 0.3 is 5.97 Å². The first-order valence-corrected chi connectivity index (χ1v) is 7.34. The number of rotatable bonds is 5. The Bertz CT molecular complexity index is 392. The third-order valence-corrected chi connectivity index (χ3v) is 5.65. The molecule has 94 valence electrons. The van der Waals surface area contributed by atoms with Crippen LogP contribution in [-0.2, 0) is 10.5 Å². The average Bonchev–Trinajstić information content (AvgIpc) is 2.27. The second-order valence-electron chi connectivity index (χ2n) is 3.96. The van der Waals surface area contributed by atoms with Crippen LogP contribution in [-0.4, -0.2) is 20.7 Å². The summed E-state index contributed by atoms with van der Waals surface area (Å²) in [6, 6.07) is 7.59. The zero-order valence-corrected chi connectivity index (χ0v) is 12.8. The van der Waals surface area contributed by atoms with Crippen LogP contribution in [0.5, 0.6) is 0 Å². The SMILES string of the molecule is CC(SCc1ccc(Cl)cc1)C(C)(Br)C(=O)O. The van der Waals surface area contributed by atoms with Crippen molar-refractivity contribution in [3.05, 3.63) is 34.9 Å². The quantitative estimate of drug-likeness (QED) is 0.818. The molecule has 0 aliphatic carbocycles. The molecule has 0 fully saturated rings. The van der Waals surface area contributed by atoms with Gasteiger partial charge in [-0.15, -0.1) is 0 Å². The number of aliphatic carboxylic acids is 1. The number of carbonyl (C=O) groups is 1. The Morgan fingerprint density at radius 2 is 2.06 bits per heavy atom. The first-order chi connectivity index (χ1) is 7.84. The number of hydrogen-bond acceptors (Lipinski definition) is 2. The molecule has 0 radical (unpaired) electrons. The number of carboxylic acids is 1. The highest BCUT2D eigenvalue weighted by atomic mass is 79.9. The molecule has 0 saturated carbocycles. The Balaban J connectivity index is 2.56. The summed E-state index contributed by atoms with van der Waals surface area (Å²) in [6.07, 6.45) is 0. The van der Waals surface area contributed by atoms with Crippen LogP contribution in [0, 0.1) is 0 Å². The topological polar surface area (TPSA) is 37.3 Å². The lowest BCUT2D eigenvalue weighted by Crippen LogP contribution is -2.37. The van der Waals surface area contributed by atoms with Crippen LogP contribution in [0.1, 0.15) is 19.4 Å². The van der Waals surface area contributed by atoms with Gasteiger partial charge in [0.1, 0.15) is 4.32 Å². The molecule has 0 aromatic heterocycles. The summed E-state index contributed by atoms with van der Waals surface area (Å²) in [7, 11) is 0. The standard InChI is InChI=1S/C12H14BrClO2S/c1-8(12(2,13)11(15)16)17-7-9-3-5-10(14)6-4-9/h3-6,8H,7H2,1-2H3,(H,15,16). The molecule has 0 amide bonds. The summed E-state index contributed by atoms with van der Waals surface area (Å²) < 4.78 is -0.899. The summed E-state index contributed by atoms with van der Waals surface area (Å²) in [5, 5.41) is 9.75. The van der Waals surface area contributed by atoms with Gasteiger partial charge in [0, 0.05) is 16.0 Å². The van der Waals surface area contributed by atoms with Crippen molar-refractivity contribution < 1.29 is 9.90 Å². The van der Waals surface area contributed by atoms with Crippen molar-refractivity contribution in [3.8, 4) is 0 Å². The molecule has 17 heavy (non-hydrogen) atoms. The molecule has 0 saturated heterocycles. The summed E-state index contributed by atoms with van der Waals surface area (Å²) in [5.74, 6) is -0.0686. The van der Waals surface area contributed by atoms with Gasteiger partial charge in [-0.05, 0) is 24.6 Å². The summed E-state index contributed by atoms with van der Waals surface area (Å²) in [5.41, 5.74) is 1.14. The molecule has 0 aliphatic heterocycles. The van der Waals surface area contributed by atoms with Gasteiger partial charge in [-0.3, -0.25) is 4.79 Å². The van der Waals surface area contributed by atoms with E-state index in [1.807, 2.05) is 31.2 Å². The fraction of sp³-hybridized carbons (Fsp3) is 0.417. The van der Waals surface area contributed by atoms with Gasteiger partial charge in [0.25, 0.3) is 0 Å². The molecule has 2 unspecified atom stereocenters. The summed E-state index contributed by atoms with van der Waals surface area (Å²) in [4.78, 5) is 11.0. The highest BCUT2D eigenvalue weighted by Gasteiger charge is 2.36. The Hall–Kier alpha value is -0.190. The van der Waals surface area contributed by atoms with E-state index in [1.165, 1.54) is 0 Å². The van der Waals surface area contributed by atoms with Gasteiger partial charge < -0.3 is 5.11 Å². The monoisotopic (exact) mass is 336 g/mol. The Morgan fingerprint density at radius 1 is 1.53 bits per heavy atom. The van der Waals surface area contributed by atoms with Crippen LogP contribution in [0.2, 0.25) is 5.02 Å². The molecule has 0 aliphatic rings. The minimum Gasteiger partial charge on any atom is -0.480 e. The Labute approximate surface area is 119 Å². The maximum atomic E-state index is 11.0. The zero-order chi connectivity index (χ0) is 13.1. The van der Waals surface area contributed by atoms with Crippen LogP contribution < -0.4 is 0 Å². The van der Waals surface area contributed by atoms with Crippen molar-refractivity contribution in [2.45, 2.75) is 29.2 Å². The molecular formula is C12H14BrClO2S. The molecule has 2 atom stereocenters. The van der Waals surface area contributed by atoms with Crippen molar-refractivity contribution >= 4 is 45.3 Å². The van der Waals surface area contributed by atoms with Crippen molar-refractivity contribution in [2.75, 3.05) is 0 Å². The van der Waals surface area contributed by atoms with E-state index in [9.17, 15) is 4.79 Å². The predicted molar refractivity (Wildman–Crippen MR) is 77.2 cm³/mol. The van der Waals surface area contributed by atoms with Crippen molar-refractivity contribution in [3.63, 3.8) is 0 Å². The van der Waals surface area contributed by atoms with Crippen LogP contribution in [0.3, 0.4) is 0 Å². The van der Waals surface area contributed by atoms with Crippen LogP contribution in [0.4, 0.5) is 0 Å². The van der Waals surface area contributed by atoms with E-state index in [1.54, 1.807) is 18.7 Å². The van der Waals surface area contributed by atoms with Crippen molar-refractivity contribution in [1.82, 2.24) is 0 Å². The van der Waals surface area contributed by atoms with Gasteiger partial charge in [0.15, 0.2) is 0 Å². The maximum absolute atomic E-state index is 11.0.